The third-order valence-corrected chi connectivity index (χ3v) is 6.81. The summed E-state index contributed by atoms with van der Waals surface area (Å²) in [7, 11) is 0.496. The number of carbonyl (C=O) groups is 1. The molecule has 0 aliphatic carbocycles. The monoisotopic (exact) mass is 438 g/mol. The zero-order chi connectivity index (χ0) is 22.4. The van der Waals surface area contributed by atoms with Crippen LogP contribution < -0.4 is 10.1 Å². The smallest absolute Gasteiger partial charge is 0.251 e. The fourth-order valence-electron chi connectivity index (χ4n) is 3.25. The Kier molecular flexibility index (Phi) is 7.09. The largest absolute Gasteiger partial charge is 0.495 e. The average molecular weight is 439 g/mol. The highest BCUT2D eigenvalue weighted by atomic mass is 32.2. The first-order valence-corrected chi connectivity index (χ1v) is 11.3. The summed E-state index contributed by atoms with van der Waals surface area (Å²) in [4.78, 5) is 13.1. The summed E-state index contributed by atoms with van der Waals surface area (Å²) >= 11 is 0. The summed E-state index contributed by atoms with van der Waals surface area (Å²) in [6.45, 7) is 0. The van der Waals surface area contributed by atoms with Gasteiger partial charge in [-0.15, -0.1) is 0 Å². The maximum atomic E-state index is 13.1. The summed E-state index contributed by atoms with van der Waals surface area (Å²) in [5, 5.41) is 3.06. The molecule has 0 heterocycles. The minimum absolute atomic E-state index is 0.0491. The molecule has 0 radical (unpaired) electrons. The lowest BCUT2D eigenvalue weighted by molar-refractivity contribution is 0.0936. The number of benzene rings is 3. The second kappa shape index (κ2) is 9.76. The van der Waals surface area contributed by atoms with Crippen LogP contribution in [0.15, 0.2) is 83.8 Å². The van der Waals surface area contributed by atoms with Crippen molar-refractivity contribution in [3.05, 3.63) is 95.6 Å². The first-order chi connectivity index (χ1) is 14.8. The Labute approximate surface area is 183 Å². The minimum Gasteiger partial charge on any atom is -0.495 e. The van der Waals surface area contributed by atoms with Crippen LogP contribution >= 0.6 is 0 Å². The van der Waals surface area contributed by atoms with Crippen LogP contribution in [-0.4, -0.2) is 39.8 Å². The second-order valence-corrected chi connectivity index (χ2v) is 9.40. The number of nitrogens with zero attached hydrogens (tertiary/aromatic N) is 1. The van der Waals surface area contributed by atoms with Crippen LogP contribution in [0.3, 0.4) is 0 Å². The molecule has 1 unspecified atom stereocenters. The quantitative estimate of drug-likeness (QED) is 0.582. The predicted octanol–water partition coefficient (Wildman–Crippen LogP) is 3.66. The van der Waals surface area contributed by atoms with Gasteiger partial charge in [0.25, 0.3) is 5.91 Å². The van der Waals surface area contributed by atoms with E-state index >= 15 is 0 Å². The van der Waals surface area contributed by atoms with Gasteiger partial charge in [0.1, 0.15) is 10.6 Å². The lowest BCUT2D eigenvalue weighted by Gasteiger charge is -2.20. The van der Waals surface area contributed by atoms with E-state index < -0.39 is 10.0 Å². The summed E-state index contributed by atoms with van der Waals surface area (Å²) in [6, 6.07) is 23.7. The Balaban J connectivity index is 1.93. The number of ether oxygens (including phenoxy) is 1. The van der Waals surface area contributed by atoms with Crippen molar-refractivity contribution in [3.8, 4) is 5.75 Å². The van der Waals surface area contributed by atoms with Crippen molar-refractivity contribution in [1.29, 1.82) is 0 Å². The Bertz CT molecular complexity index is 1130. The molecule has 0 spiro atoms. The number of methoxy groups -OCH3 is 1. The molecule has 0 bridgehead atoms. The van der Waals surface area contributed by atoms with Crippen LogP contribution in [0.4, 0.5) is 0 Å². The molecular weight excluding hydrogens is 412 g/mol. The standard InChI is InChI=1S/C24H26N2O4S/c1-26(2)31(28,29)23-17-20(14-15-22(23)30-3)24(27)25-21(19-12-8-5-9-13-19)16-18-10-6-4-7-11-18/h4-15,17,21H,16H2,1-3H3,(H,25,27). The molecule has 6 nitrogen and oxygen atoms in total. The number of rotatable bonds is 8. The Morgan fingerprint density at radius 2 is 1.58 bits per heavy atom. The molecule has 7 heteroatoms. The van der Waals surface area contributed by atoms with Gasteiger partial charge in [0.2, 0.25) is 10.0 Å². The van der Waals surface area contributed by atoms with E-state index in [1.54, 1.807) is 6.07 Å². The van der Waals surface area contributed by atoms with Crippen molar-refractivity contribution >= 4 is 15.9 Å². The van der Waals surface area contributed by atoms with Gasteiger partial charge in [0.05, 0.1) is 13.2 Å². The number of carbonyl (C=O) groups excluding carboxylic acids is 1. The van der Waals surface area contributed by atoms with E-state index in [4.69, 9.17) is 4.74 Å². The maximum Gasteiger partial charge on any atom is 0.251 e. The number of hydrogen-bond donors (Lipinski definition) is 1. The van der Waals surface area contributed by atoms with Gasteiger partial charge in [-0.3, -0.25) is 4.79 Å². The number of hydrogen-bond acceptors (Lipinski definition) is 4. The van der Waals surface area contributed by atoms with Crippen molar-refractivity contribution in [3.63, 3.8) is 0 Å². The van der Waals surface area contributed by atoms with Crippen molar-refractivity contribution in [2.75, 3.05) is 21.2 Å². The maximum absolute atomic E-state index is 13.1. The highest BCUT2D eigenvalue weighted by molar-refractivity contribution is 7.89. The van der Waals surface area contributed by atoms with E-state index in [2.05, 4.69) is 5.32 Å². The summed E-state index contributed by atoms with van der Waals surface area (Å²) < 4.78 is 31.7. The third kappa shape index (κ3) is 5.31. The molecule has 31 heavy (non-hydrogen) atoms. The Morgan fingerprint density at radius 3 is 2.16 bits per heavy atom. The van der Waals surface area contributed by atoms with Crippen LogP contribution in [-0.2, 0) is 16.4 Å². The molecule has 3 aromatic carbocycles. The van der Waals surface area contributed by atoms with E-state index in [-0.39, 0.29) is 28.2 Å². The highest BCUT2D eigenvalue weighted by Gasteiger charge is 2.25. The van der Waals surface area contributed by atoms with Gasteiger partial charge >= 0.3 is 0 Å². The van der Waals surface area contributed by atoms with Gasteiger partial charge in [-0.2, -0.15) is 0 Å². The molecule has 1 amide bonds. The van der Waals surface area contributed by atoms with Gasteiger partial charge in [0, 0.05) is 19.7 Å². The summed E-state index contributed by atoms with van der Waals surface area (Å²) in [6.07, 6.45) is 0.607. The predicted molar refractivity (Wildman–Crippen MR) is 121 cm³/mol. The van der Waals surface area contributed by atoms with E-state index in [1.807, 2.05) is 60.7 Å². The Morgan fingerprint density at radius 1 is 0.968 bits per heavy atom. The van der Waals surface area contributed by atoms with E-state index in [0.29, 0.717) is 6.42 Å². The zero-order valence-corrected chi connectivity index (χ0v) is 18.6. The lowest BCUT2D eigenvalue weighted by Crippen LogP contribution is -2.30. The fourth-order valence-corrected chi connectivity index (χ4v) is 4.32. The lowest BCUT2D eigenvalue weighted by atomic mass is 9.98. The third-order valence-electron chi connectivity index (χ3n) is 4.97. The molecule has 0 fully saturated rings. The van der Waals surface area contributed by atoms with Crippen molar-refractivity contribution < 1.29 is 17.9 Å². The molecule has 0 saturated heterocycles. The van der Waals surface area contributed by atoms with Crippen molar-refractivity contribution in [1.82, 2.24) is 9.62 Å². The first kappa shape index (κ1) is 22.5. The molecule has 3 rings (SSSR count). The van der Waals surface area contributed by atoms with Crippen LogP contribution in [0.1, 0.15) is 27.5 Å². The molecule has 0 aromatic heterocycles. The van der Waals surface area contributed by atoms with Crippen LogP contribution in [0.2, 0.25) is 0 Å². The van der Waals surface area contributed by atoms with Crippen molar-refractivity contribution in [2.24, 2.45) is 0 Å². The zero-order valence-electron chi connectivity index (χ0n) is 17.8. The van der Waals surface area contributed by atoms with Crippen LogP contribution in [0.25, 0.3) is 0 Å². The average Bonchev–Trinajstić information content (AvgIpc) is 2.79. The van der Waals surface area contributed by atoms with Crippen LogP contribution in [0.5, 0.6) is 5.75 Å². The van der Waals surface area contributed by atoms with E-state index in [9.17, 15) is 13.2 Å². The van der Waals surface area contributed by atoms with Gasteiger partial charge in [0.15, 0.2) is 0 Å². The highest BCUT2D eigenvalue weighted by Crippen LogP contribution is 2.27. The summed E-state index contributed by atoms with van der Waals surface area (Å²) in [5.41, 5.74) is 2.30. The minimum atomic E-state index is -3.78. The fraction of sp³-hybridized carbons (Fsp3) is 0.208. The van der Waals surface area contributed by atoms with E-state index in [0.717, 1.165) is 15.4 Å². The number of amides is 1. The Hall–Kier alpha value is -3.16. The molecule has 0 aliphatic rings. The van der Waals surface area contributed by atoms with Gasteiger partial charge < -0.3 is 10.1 Å². The molecular formula is C24H26N2O4S. The van der Waals surface area contributed by atoms with Gasteiger partial charge in [-0.25, -0.2) is 12.7 Å². The molecule has 0 aliphatic heterocycles. The molecule has 162 valence electrons. The molecule has 1 atom stereocenters. The normalized spacial score (nSPS) is 12.4. The number of sulfonamides is 1. The molecule has 1 N–H and O–H groups in total. The molecule has 3 aromatic rings. The van der Waals surface area contributed by atoms with Crippen LogP contribution in [0, 0.1) is 0 Å². The van der Waals surface area contributed by atoms with E-state index in [1.165, 1.54) is 33.3 Å². The van der Waals surface area contributed by atoms with Gasteiger partial charge in [-0.05, 0) is 35.7 Å². The first-order valence-electron chi connectivity index (χ1n) is 9.83. The van der Waals surface area contributed by atoms with Gasteiger partial charge in [-0.1, -0.05) is 60.7 Å². The summed E-state index contributed by atoms with van der Waals surface area (Å²) in [5.74, 6) is -0.170. The van der Waals surface area contributed by atoms with Crippen molar-refractivity contribution in [2.45, 2.75) is 17.4 Å². The SMILES string of the molecule is COc1ccc(C(=O)NC(Cc2ccccc2)c2ccccc2)cc1S(=O)(=O)N(C)C. The second-order valence-electron chi connectivity index (χ2n) is 7.28. The number of nitrogens with one attached hydrogen (secondary N) is 1. The topological polar surface area (TPSA) is 75.7 Å². The molecule has 0 saturated carbocycles.